The largest absolute Gasteiger partial charge is 0.354 e. The van der Waals surface area contributed by atoms with Gasteiger partial charge in [-0.05, 0) is 51.3 Å². The average molecular weight is 277 g/mol. The van der Waals surface area contributed by atoms with Gasteiger partial charge in [0.1, 0.15) is 5.82 Å². The molecule has 0 aliphatic heterocycles. The van der Waals surface area contributed by atoms with Gasteiger partial charge >= 0.3 is 0 Å². The average Bonchev–Trinajstić information content (AvgIpc) is 2.37. The second-order valence-corrected chi connectivity index (χ2v) is 6.23. The predicted octanol–water partition coefficient (Wildman–Crippen LogP) is 3.76. The second kappa shape index (κ2) is 8.25. The molecule has 0 aliphatic rings. The van der Waals surface area contributed by atoms with Crippen LogP contribution in [0.3, 0.4) is 0 Å². The summed E-state index contributed by atoms with van der Waals surface area (Å²) in [6.07, 6.45) is 1.17. The number of nitrogens with one attached hydrogen (secondary N) is 1. The topological polar surface area (TPSA) is 28.2 Å². The Balaban J connectivity index is 2.82. The van der Waals surface area contributed by atoms with Crippen LogP contribution in [0.2, 0.25) is 0 Å². The lowest BCUT2D eigenvalue weighted by atomic mass is 10.1. The number of rotatable bonds is 8. The van der Waals surface area contributed by atoms with Crippen LogP contribution < -0.4 is 10.2 Å². The second-order valence-electron chi connectivity index (χ2n) is 6.23. The summed E-state index contributed by atoms with van der Waals surface area (Å²) in [4.78, 5) is 7.20. The molecular formula is C17H31N3. The van der Waals surface area contributed by atoms with Gasteiger partial charge in [-0.1, -0.05) is 26.8 Å². The van der Waals surface area contributed by atoms with E-state index >= 15 is 0 Å². The summed E-state index contributed by atoms with van der Waals surface area (Å²) in [6, 6.07) is 4.86. The van der Waals surface area contributed by atoms with E-state index in [1.54, 1.807) is 0 Å². The molecule has 20 heavy (non-hydrogen) atoms. The third-order valence-electron chi connectivity index (χ3n) is 3.40. The van der Waals surface area contributed by atoms with Crippen molar-refractivity contribution in [2.24, 2.45) is 5.92 Å². The number of anilines is 1. The van der Waals surface area contributed by atoms with Crippen molar-refractivity contribution in [2.45, 2.75) is 60.5 Å². The summed E-state index contributed by atoms with van der Waals surface area (Å²) in [5, 5.41) is 3.44. The molecule has 1 rings (SSSR count). The van der Waals surface area contributed by atoms with E-state index in [0.717, 1.165) is 31.1 Å². The highest BCUT2D eigenvalue weighted by atomic mass is 15.2. The van der Waals surface area contributed by atoms with E-state index in [4.69, 9.17) is 4.98 Å². The minimum absolute atomic E-state index is 0.480. The van der Waals surface area contributed by atoms with Crippen molar-refractivity contribution in [1.29, 1.82) is 0 Å². The minimum atomic E-state index is 0.480. The van der Waals surface area contributed by atoms with Crippen molar-refractivity contribution >= 4 is 5.82 Å². The van der Waals surface area contributed by atoms with Gasteiger partial charge in [0.2, 0.25) is 0 Å². The van der Waals surface area contributed by atoms with Crippen LogP contribution in [-0.4, -0.2) is 24.1 Å². The van der Waals surface area contributed by atoms with Crippen LogP contribution in [0.25, 0.3) is 0 Å². The third kappa shape index (κ3) is 5.12. The molecule has 1 aromatic rings. The highest BCUT2D eigenvalue weighted by Gasteiger charge is 2.14. The molecule has 1 heterocycles. The Kier molecular flexibility index (Phi) is 7.00. The van der Waals surface area contributed by atoms with E-state index in [9.17, 15) is 0 Å². The molecule has 0 radical (unpaired) electrons. The van der Waals surface area contributed by atoms with E-state index in [0.29, 0.717) is 12.0 Å². The Labute approximate surface area is 124 Å². The standard InChI is InChI=1S/C17H31N3/c1-7-10-18-11-16-8-9-17(19-15(16)6)20(14(4)5)12-13(2)3/h8-9,13-14,18H,7,10-12H2,1-6H3. The monoisotopic (exact) mass is 277 g/mol. The lowest BCUT2D eigenvalue weighted by Gasteiger charge is -2.30. The summed E-state index contributed by atoms with van der Waals surface area (Å²) < 4.78 is 0. The fourth-order valence-electron chi connectivity index (χ4n) is 2.29. The lowest BCUT2D eigenvalue weighted by Crippen LogP contribution is -2.35. The predicted molar refractivity (Wildman–Crippen MR) is 88.3 cm³/mol. The Bertz CT molecular complexity index is 399. The first-order valence-corrected chi connectivity index (χ1v) is 7.89. The van der Waals surface area contributed by atoms with Crippen LogP contribution >= 0.6 is 0 Å². The lowest BCUT2D eigenvalue weighted by molar-refractivity contribution is 0.565. The summed E-state index contributed by atoms with van der Waals surface area (Å²) in [5.74, 6) is 1.75. The van der Waals surface area contributed by atoms with Gasteiger partial charge in [0.05, 0.1) is 0 Å². The molecule has 3 nitrogen and oxygen atoms in total. The van der Waals surface area contributed by atoms with Crippen LogP contribution in [0.15, 0.2) is 12.1 Å². The number of hydrogen-bond acceptors (Lipinski definition) is 3. The number of hydrogen-bond donors (Lipinski definition) is 1. The zero-order valence-corrected chi connectivity index (χ0v) is 14.0. The van der Waals surface area contributed by atoms with E-state index < -0.39 is 0 Å². The summed E-state index contributed by atoms with van der Waals surface area (Å²) in [5.41, 5.74) is 2.44. The fourth-order valence-corrected chi connectivity index (χ4v) is 2.29. The van der Waals surface area contributed by atoms with Crippen molar-refractivity contribution in [3.63, 3.8) is 0 Å². The number of pyridine rings is 1. The van der Waals surface area contributed by atoms with E-state index in [-0.39, 0.29) is 0 Å². The highest BCUT2D eigenvalue weighted by molar-refractivity contribution is 5.42. The Morgan fingerprint density at radius 3 is 2.40 bits per heavy atom. The maximum absolute atomic E-state index is 4.81. The first kappa shape index (κ1) is 17.0. The molecule has 0 aromatic carbocycles. The van der Waals surface area contributed by atoms with Gasteiger partial charge in [-0.15, -0.1) is 0 Å². The summed E-state index contributed by atoms with van der Waals surface area (Å²) in [7, 11) is 0. The Morgan fingerprint density at radius 2 is 1.90 bits per heavy atom. The smallest absolute Gasteiger partial charge is 0.129 e. The quantitative estimate of drug-likeness (QED) is 0.733. The first-order chi connectivity index (χ1) is 9.45. The van der Waals surface area contributed by atoms with Gasteiger partial charge in [0.25, 0.3) is 0 Å². The zero-order valence-electron chi connectivity index (χ0n) is 14.0. The normalized spacial score (nSPS) is 11.4. The number of aryl methyl sites for hydroxylation is 1. The van der Waals surface area contributed by atoms with Gasteiger partial charge in [-0.3, -0.25) is 0 Å². The molecule has 0 atom stereocenters. The minimum Gasteiger partial charge on any atom is -0.354 e. The van der Waals surface area contributed by atoms with Crippen LogP contribution in [0.4, 0.5) is 5.82 Å². The maximum Gasteiger partial charge on any atom is 0.129 e. The third-order valence-corrected chi connectivity index (χ3v) is 3.40. The number of aromatic nitrogens is 1. The van der Waals surface area contributed by atoms with Gasteiger partial charge in [0, 0.05) is 24.8 Å². The van der Waals surface area contributed by atoms with Gasteiger partial charge in [-0.2, -0.15) is 0 Å². The van der Waals surface area contributed by atoms with Gasteiger partial charge < -0.3 is 10.2 Å². The van der Waals surface area contributed by atoms with Crippen LogP contribution in [0.1, 0.15) is 52.3 Å². The van der Waals surface area contributed by atoms with Crippen LogP contribution in [0, 0.1) is 12.8 Å². The Hall–Kier alpha value is -1.09. The van der Waals surface area contributed by atoms with Crippen molar-refractivity contribution < 1.29 is 0 Å². The van der Waals surface area contributed by atoms with E-state index in [1.807, 2.05) is 0 Å². The SMILES string of the molecule is CCCNCc1ccc(N(CC(C)C)C(C)C)nc1C. The van der Waals surface area contributed by atoms with Crippen molar-refractivity contribution in [3.05, 3.63) is 23.4 Å². The molecule has 114 valence electrons. The Morgan fingerprint density at radius 1 is 1.20 bits per heavy atom. The molecule has 0 fully saturated rings. The van der Waals surface area contributed by atoms with Crippen LogP contribution in [0.5, 0.6) is 0 Å². The van der Waals surface area contributed by atoms with Gasteiger partial charge in [0.15, 0.2) is 0 Å². The van der Waals surface area contributed by atoms with Crippen LogP contribution in [-0.2, 0) is 6.54 Å². The summed E-state index contributed by atoms with van der Waals surface area (Å²) in [6.45, 7) is 16.3. The van der Waals surface area contributed by atoms with Gasteiger partial charge in [-0.25, -0.2) is 4.98 Å². The molecule has 1 aromatic heterocycles. The molecular weight excluding hydrogens is 246 g/mol. The van der Waals surface area contributed by atoms with E-state index in [1.165, 1.54) is 12.0 Å². The molecule has 0 spiro atoms. The van der Waals surface area contributed by atoms with Crippen molar-refractivity contribution in [2.75, 3.05) is 18.0 Å². The fraction of sp³-hybridized carbons (Fsp3) is 0.706. The zero-order chi connectivity index (χ0) is 15.1. The molecule has 0 amide bonds. The maximum atomic E-state index is 4.81. The molecule has 0 saturated carbocycles. The molecule has 0 unspecified atom stereocenters. The molecule has 0 bridgehead atoms. The first-order valence-electron chi connectivity index (χ1n) is 7.89. The molecule has 0 saturated heterocycles. The van der Waals surface area contributed by atoms with Crippen molar-refractivity contribution in [1.82, 2.24) is 10.3 Å². The number of nitrogens with zero attached hydrogens (tertiary/aromatic N) is 2. The summed E-state index contributed by atoms with van der Waals surface area (Å²) >= 11 is 0. The molecule has 0 aliphatic carbocycles. The van der Waals surface area contributed by atoms with Crippen molar-refractivity contribution in [3.8, 4) is 0 Å². The molecule has 3 heteroatoms. The highest BCUT2D eigenvalue weighted by Crippen LogP contribution is 2.18. The van der Waals surface area contributed by atoms with E-state index in [2.05, 4.69) is 63.9 Å². The molecule has 1 N–H and O–H groups in total.